The van der Waals surface area contributed by atoms with Gasteiger partial charge in [-0.2, -0.15) is 17.4 Å². The minimum atomic E-state index is -3.41. The zero-order chi connectivity index (χ0) is 14.9. The largest absolute Gasteiger partial charge is 0.280 e. The minimum Gasteiger partial charge on any atom is -0.195 e. The smallest absolute Gasteiger partial charge is 0.195 e. The number of nitrogens with one attached hydrogen (secondary N) is 1. The van der Waals surface area contributed by atoms with E-state index in [1.807, 2.05) is 18.2 Å². The predicted octanol–water partition coefficient (Wildman–Crippen LogP) is 2.76. The van der Waals surface area contributed by atoms with Crippen molar-refractivity contribution in [3.8, 4) is 0 Å². The summed E-state index contributed by atoms with van der Waals surface area (Å²) in [6, 6.07) is 7.90. The van der Waals surface area contributed by atoms with Crippen molar-refractivity contribution in [1.82, 2.24) is 9.03 Å². The number of halogens is 1. The van der Waals surface area contributed by atoms with Crippen LogP contribution in [0.15, 0.2) is 24.3 Å². The van der Waals surface area contributed by atoms with Crippen molar-refractivity contribution < 1.29 is 8.42 Å². The monoisotopic (exact) mass is 372 g/mol. The first-order chi connectivity index (χ1) is 10.1. The highest BCUT2D eigenvalue weighted by Gasteiger charge is 2.35. The molecule has 2 atom stereocenters. The van der Waals surface area contributed by atoms with Crippen LogP contribution in [-0.2, 0) is 16.6 Å². The highest BCUT2D eigenvalue weighted by Crippen LogP contribution is 2.36. The molecule has 21 heavy (non-hydrogen) atoms. The van der Waals surface area contributed by atoms with Gasteiger partial charge < -0.3 is 0 Å². The SMILES string of the molecule is O=S(=O)(NC1c2ccccc2CC1Br)N1CCCCCC1. The quantitative estimate of drug-likeness (QED) is 0.829. The summed E-state index contributed by atoms with van der Waals surface area (Å²) in [4.78, 5) is 0.122. The third-order valence-corrected chi connectivity index (χ3v) is 6.80. The maximum atomic E-state index is 12.6. The Labute approximate surface area is 135 Å². The molecule has 1 N–H and O–H groups in total. The van der Waals surface area contributed by atoms with Crippen molar-refractivity contribution in [2.75, 3.05) is 13.1 Å². The maximum Gasteiger partial charge on any atom is 0.280 e. The van der Waals surface area contributed by atoms with E-state index >= 15 is 0 Å². The van der Waals surface area contributed by atoms with E-state index in [4.69, 9.17) is 0 Å². The number of alkyl halides is 1. The molecule has 3 rings (SSSR count). The lowest BCUT2D eigenvalue weighted by Crippen LogP contribution is -2.44. The minimum absolute atomic E-state index is 0.122. The van der Waals surface area contributed by atoms with Crippen molar-refractivity contribution in [3.05, 3.63) is 35.4 Å². The predicted molar refractivity (Wildman–Crippen MR) is 87.7 cm³/mol. The third kappa shape index (κ3) is 3.33. The van der Waals surface area contributed by atoms with Crippen LogP contribution in [0.2, 0.25) is 0 Å². The van der Waals surface area contributed by atoms with Gasteiger partial charge >= 0.3 is 0 Å². The van der Waals surface area contributed by atoms with E-state index in [-0.39, 0.29) is 10.9 Å². The summed E-state index contributed by atoms with van der Waals surface area (Å²) >= 11 is 3.63. The Hall–Kier alpha value is -0.430. The van der Waals surface area contributed by atoms with Crippen molar-refractivity contribution in [2.45, 2.75) is 43.0 Å². The summed E-state index contributed by atoms with van der Waals surface area (Å²) in [6.45, 7) is 1.27. The molecule has 6 heteroatoms. The summed E-state index contributed by atoms with van der Waals surface area (Å²) < 4.78 is 29.8. The average molecular weight is 373 g/mol. The van der Waals surface area contributed by atoms with Gasteiger partial charge in [-0.05, 0) is 30.4 Å². The first kappa shape index (κ1) is 15.5. The van der Waals surface area contributed by atoms with Gasteiger partial charge in [-0.25, -0.2) is 0 Å². The Morgan fingerprint density at radius 2 is 1.76 bits per heavy atom. The van der Waals surface area contributed by atoms with Gasteiger partial charge in [0.15, 0.2) is 0 Å². The van der Waals surface area contributed by atoms with Gasteiger partial charge in [0.25, 0.3) is 10.2 Å². The normalized spacial score (nSPS) is 27.3. The van der Waals surface area contributed by atoms with Crippen LogP contribution in [0.5, 0.6) is 0 Å². The molecule has 0 amide bonds. The van der Waals surface area contributed by atoms with Crippen molar-refractivity contribution in [3.63, 3.8) is 0 Å². The van der Waals surface area contributed by atoms with Gasteiger partial charge in [0, 0.05) is 17.9 Å². The number of hydrogen-bond acceptors (Lipinski definition) is 2. The zero-order valence-corrected chi connectivity index (χ0v) is 14.4. The standard InChI is InChI=1S/C15H21BrN2O2S/c16-14-11-12-7-3-4-8-13(12)15(14)17-21(19,20)18-9-5-1-2-6-10-18/h3-4,7-8,14-15,17H,1-2,5-6,9-11H2. The topological polar surface area (TPSA) is 49.4 Å². The average Bonchev–Trinajstić information content (AvgIpc) is 2.67. The van der Waals surface area contributed by atoms with Gasteiger partial charge in [0.1, 0.15) is 0 Å². The number of fused-ring (bicyclic) bond motifs is 1. The van der Waals surface area contributed by atoms with Crippen molar-refractivity contribution >= 4 is 26.1 Å². The molecule has 1 saturated heterocycles. The van der Waals surface area contributed by atoms with Crippen LogP contribution in [-0.4, -0.2) is 30.6 Å². The van der Waals surface area contributed by atoms with Gasteiger partial charge in [-0.15, -0.1) is 0 Å². The molecule has 2 aliphatic rings. The van der Waals surface area contributed by atoms with Crippen LogP contribution < -0.4 is 4.72 Å². The molecule has 1 aromatic rings. The zero-order valence-electron chi connectivity index (χ0n) is 12.0. The Morgan fingerprint density at radius 3 is 2.48 bits per heavy atom. The van der Waals surface area contributed by atoms with Crippen LogP contribution in [0, 0.1) is 0 Å². The van der Waals surface area contributed by atoms with Gasteiger partial charge in [-0.1, -0.05) is 53.0 Å². The molecule has 0 aromatic heterocycles. The van der Waals surface area contributed by atoms with E-state index in [2.05, 4.69) is 26.7 Å². The highest BCUT2D eigenvalue weighted by molar-refractivity contribution is 9.09. The fourth-order valence-electron chi connectivity index (χ4n) is 3.20. The lowest BCUT2D eigenvalue weighted by Gasteiger charge is -2.24. The van der Waals surface area contributed by atoms with E-state index in [9.17, 15) is 8.42 Å². The molecule has 4 nitrogen and oxygen atoms in total. The first-order valence-corrected chi connectivity index (χ1v) is 9.93. The summed E-state index contributed by atoms with van der Waals surface area (Å²) in [5, 5.41) is 0. The molecule has 1 aliphatic heterocycles. The summed E-state index contributed by atoms with van der Waals surface area (Å²) in [7, 11) is -3.41. The summed E-state index contributed by atoms with van der Waals surface area (Å²) in [5.74, 6) is 0. The Bertz CT molecular complexity index is 597. The molecular formula is C15H21BrN2O2S. The van der Waals surface area contributed by atoms with Crippen LogP contribution in [0.25, 0.3) is 0 Å². The van der Waals surface area contributed by atoms with Crippen molar-refractivity contribution in [1.29, 1.82) is 0 Å². The fraction of sp³-hybridized carbons (Fsp3) is 0.600. The van der Waals surface area contributed by atoms with E-state index in [1.165, 1.54) is 5.56 Å². The van der Waals surface area contributed by atoms with E-state index in [0.717, 1.165) is 37.7 Å². The molecule has 0 saturated carbocycles. The third-order valence-electron chi connectivity index (χ3n) is 4.35. The second kappa shape index (κ2) is 6.36. The lowest BCUT2D eigenvalue weighted by molar-refractivity contribution is 0.408. The summed E-state index contributed by atoms with van der Waals surface area (Å²) in [5.41, 5.74) is 2.32. The van der Waals surface area contributed by atoms with E-state index < -0.39 is 10.2 Å². The molecule has 0 spiro atoms. The van der Waals surface area contributed by atoms with Gasteiger partial charge in [0.2, 0.25) is 0 Å². The second-order valence-corrected chi connectivity index (χ2v) is 8.71. The molecule has 1 heterocycles. The molecule has 1 fully saturated rings. The van der Waals surface area contributed by atoms with Gasteiger partial charge in [0.05, 0.1) is 6.04 Å². The Morgan fingerprint density at radius 1 is 1.10 bits per heavy atom. The van der Waals surface area contributed by atoms with Crippen LogP contribution in [0.3, 0.4) is 0 Å². The molecular weight excluding hydrogens is 352 g/mol. The second-order valence-electron chi connectivity index (χ2n) is 5.83. The molecule has 0 radical (unpaired) electrons. The molecule has 116 valence electrons. The first-order valence-electron chi connectivity index (χ1n) is 7.57. The van der Waals surface area contributed by atoms with Gasteiger partial charge in [-0.3, -0.25) is 0 Å². The van der Waals surface area contributed by atoms with E-state index in [1.54, 1.807) is 4.31 Å². The van der Waals surface area contributed by atoms with E-state index in [0.29, 0.717) is 13.1 Å². The Balaban J connectivity index is 1.79. The molecule has 0 bridgehead atoms. The number of hydrogen-bond donors (Lipinski definition) is 1. The lowest BCUT2D eigenvalue weighted by atomic mass is 10.1. The van der Waals surface area contributed by atoms with Crippen LogP contribution in [0.4, 0.5) is 0 Å². The molecule has 1 aromatic carbocycles. The van der Waals surface area contributed by atoms with Crippen molar-refractivity contribution in [2.24, 2.45) is 0 Å². The highest BCUT2D eigenvalue weighted by atomic mass is 79.9. The number of nitrogens with zero attached hydrogens (tertiary/aromatic N) is 1. The number of benzene rings is 1. The molecule has 2 unspecified atom stereocenters. The molecule has 1 aliphatic carbocycles. The summed E-state index contributed by atoms with van der Waals surface area (Å²) in [6.07, 6.45) is 5.03. The fourth-order valence-corrected chi connectivity index (χ4v) is 5.64. The maximum absolute atomic E-state index is 12.6. The van der Waals surface area contributed by atoms with Crippen LogP contribution >= 0.6 is 15.9 Å². The van der Waals surface area contributed by atoms with Crippen LogP contribution in [0.1, 0.15) is 42.9 Å². The number of rotatable bonds is 3. The Kier molecular flexibility index (Phi) is 4.69.